The lowest BCUT2D eigenvalue weighted by Gasteiger charge is -2.20. The topological polar surface area (TPSA) is 23.5 Å². The lowest BCUT2D eigenvalue weighted by atomic mass is 10.0. The number of hydrogen-bond acceptors (Lipinski definition) is 2. The first-order chi connectivity index (χ1) is 10.2. The van der Waals surface area contributed by atoms with Crippen LogP contribution in [0.1, 0.15) is 43.7 Å². The first kappa shape index (κ1) is 16.0. The summed E-state index contributed by atoms with van der Waals surface area (Å²) in [6.45, 7) is 5.32. The van der Waals surface area contributed by atoms with Gasteiger partial charge >= 0.3 is 0 Å². The average Bonchev–Trinajstić information content (AvgIpc) is 2.63. The summed E-state index contributed by atoms with van der Waals surface area (Å²) in [7, 11) is 0. The van der Waals surface area contributed by atoms with Gasteiger partial charge in [0.1, 0.15) is 5.82 Å². The Bertz CT molecular complexity index is 518. The molecule has 114 valence electrons. The van der Waals surface area contributed by atoms with E-state index in [1.165, 1.54) is 25.3 Å². The third-order valence-electron chi connectivity index (χ3n) is 3.94. The van der Waals surface area contributed by atoms with E-state index >= 15 is 0 Å². The molecule has 1 aliphatic heterocycles. The van der Waals surface area contributed by atoms with Gasteiger partial charge in [-0.25, -0.2) is 4.39 Å². The Morgan fingerprint density at radius 2 is 2.14 bits per heavy atom. The van der Waals surface area contributed by atoms with Crippen LogP contribution in [0.4, 0.5) is 4.39 Å². The summed E-state index contributed by atoms with van der Waals surface area (Å²) >= 11 is 0. The Hall–Kier alpha value is -1.37. The standard InChI is InChI=1S/C18H24FNO/c1-15-5-4-8-20(9-7-15)14-17-11-16(6-2-3-10-21)12-18(19)13-17/h11-13,15,21H,3-5,7-10,14H2,1H3. The molecule has 3 heteroatoms. The minimum atomic E-state index is -0.232. The molecule has 21 heavy (non-hydrogen) atoms. The maximum atomic E-state index is 13.7. The fourth-order valence-electron chi connectivity index (χ4n) is 2.77. The summed E-state index contributed by atoms with van der Waals surface area (Å²) in [6, 6.07) is 5.02. The number of benzene rings is 1. The summed E-state index contributed by atoms with van der Waals surface area (Å²) < 4.78 is 13.7. The van der Waals surface area contributed by atoms with E-state index in [1.807, 2.05) is 6.07 Å². The molecule has 1 atom stereocenters. The van der Waals surface area contributed by atoms with Gasteiger partial charge < -0.3 is 5.11 Å². The Labute approximate surface area is 127 Å². The number of halogens is 1. The van der Waals surface area contributed by atoms with E-state index in [-0.39, 0.29) is 12.4 Å². The molecule has 1 heterocycles. The van der Waals surface area contributed by atoms with Gasteiger partial charge in [-0.3, -0.25) is 4.90 Å². The fraction of sp³-hybridized carbons (Fsp3) is 0.556. The van der Waals surface area contributed by atoms with Crippen LogP contribution in [-0.2, 0) is 6.54 Å². The van der Waals surface area contributed by atoms with Crippen LogP contribution in [0.15, 0.2) is 18.2 Å². The van der Waals surface area contributed by atoms with Crippen molar-refractivity contribution < 1.29 is 9.50 Å². The Morgan fingerprint density at radius 3 is 2.95 bits per heavy atom. The number of rotatable bonds is 3. The molecular formula is C18H24FNO. The quantitative estimate of drug-likeness (QED) is 0.864. The molecule has 0 spiro atoms. The number of hydrogen-bond donors (Lipinski definition) is 1. The second kappa shape index (κ2) is 8.17. The lowest BCUT2D eigenvalue weighted by Crippen LogP contribution is -2.24. The maximum Gasteiger partial charge on any atom is 0.124 e. The summed E-state index contributed by atoms with van der Waals surface area (Å²) in [5.74, 6) is 6.32. The van der Waals surface area contributed by atoms with E-state index in [0.717, 1.165) is 31.1 Å². The average molecular weight is 289 g/mol. The normalized spacial score (nSPS) is 19.7. The molecule has 1 aromatic rings. The number of nitrogens with zero attached hydrogens (tertiary/aromatic N) is 1. The van der Waals surface area contributed by atoms with Gasteiger partial charge in [0.05, 0.1) is 6.61 Å². The van der Waals surface area contributed by atoms with Crippen molar-refractivity contribution in [2.45, 2.75) is 39.2 Å². The highest BCUT2D eigenvalue weighted by atomic mass is 19.1. The van der Waals surface area contributed by atoms with E-state index in [4.69, 9.17) is 5.11 Å². The van der Waals surface area contributed by atoms with Crippen molar-refractivity contribution in [3.8, 4) is 11.8 Å². The number of likely N-dealkylation sites (tertiary alicyclic amines) is 1. The Balaban J connectivity index is 2.04. The van der Waals surface area contributed by atoms with E-state index in [0.29, 0.717) is 12.0 Å². The summed E-state index contributed by atoms with van der Waals surface area (Å²) in [6.07, 6.45) is 4.16. The highest BCUT2D eigenvalue weighted by Gasteiger charge is 2.14. The van der Waals surface area contributed by atoms with Crippen molar-refractivity contribution in [1.29, 1.82) is 0 Å². The first-order valence-corrected chi connectivity index (χ1v) is 7.79. The van der Waals surface area contributed by atoms with Crippen LogP contribution >= 0.6 is 0 Å². The first-order valence-electron chi connectivity index (χ1n) is 7.79. The summed E-state index contributed by atoms with van der Waals surface area (Å²) in [5.41, 5.74) is 1.68. The zero-order valence-electron chi connectivity index (χ0n) is 12.7. The van der Waals surface area contributed by atoms with Gasteiger partial charge in [-0.05, 0) is 62.0 Å². The zero-order valence-corrected chi connectivity index (χ0v) is 12.7. The van der Waals surface area contributed by atoms with Crippen LogP contribution in [0.3, 0.4) is 0 Å². The third kappa shape index (κ3) is 5.49. The van der Waals surface area contributed by atoms with Crippen molar-refractivity contribution in [2.24, 2.45) is 5.92 Å². The number of aliphatic hydroxyl groups is 1. The smallest absolute Gasteiger partial charge is 0.124 e. The molecule has 0 saturated carbocycles. The highest BCUT2D eigenvalue weighted by molar-refractivity contribution is 5.37. The molecule has 0 radical (unpaired) electrons. The van der Waals surface area contributed by atoms with Crippen molar-refractivity contribution >= 4 is 0 Å². The molecular weight excluding hydrogens is 265 g/mol. The van der Waals surface area contributed by atoms with E-state index in [2.05, 4.69) is 23.7 Å². The van der Waals surface area contributed by atoms with Crippen molar-refractivity contribution in [1.82, 2.24) is 4.90 Å². The van der Waals surface area contributed by atoms with Gasteiger partial charge in [-0.2, -0.15) is 0 Å². The predicted octanol–water partition coefficient (Wildman–Crippen LogP) is 3.18. The van der Waals surface area contributed by atoms with Crippen LogP contribution in [0.5, 0.6) is 0 Å². The van der Waals surface area contributed by atoms with Gasteiger partial charge in [0.25, 0.3) is 0 Å². The molecule has 1 unspecified atom stereocenters. The van der Waals surface area contributed by atoms with Gasteiger partial charge in [0, 0.05) is 18.5 Å². The third-order valence-corrected chi connectivity index (χ3v) is 3.94. The molecule has 0 amide bonds. The molecule has 1 aliphatic rings. The van der Waals surface area contributed by atoms with Gasteiger partial charge in [-0.1, -0.05) is 18.8 Å². The molecule has 1 fully saturated rings. The number of aliphatic hydroxyl groups excluding tert-OH is 1. The molecule has 0 bridgehead atoms. The van der Waals surface area contributed by atoms with Crippen molar-refractivity contribution in [3.05, 3.63) is 35.1 Å². The second-order valence-corrected chi connectivity index (χ2v) is 5.94. The highest BCUT2D eigenvalue weighted by Crippen LogP contribution is 2.19. The van der Waals surface area contributed by atoms with Crippen molar-refractivity contribution in [3.63, 3.8) is 0 Å². The lowest BCUT2D eigenvalue weighted by molar-refractivity contribution is 0.273. The summed E-state index contributed by atoms with van der Waals surface area (Å²) in [5, 5.41) is 8.73. The van der Waals surface area contributed by atoms with Crippen LogP contribution in [0, 0.1) is 23.6 Å². The molecule has 2 nitrogen and oxygen atoms in total. The Kier molecular flexibility index (Phi) is 6.22. The van der Waals surface area contributed by atoms with E-state index in [1.54, 1.807) is 6.07 Å². The Morgan fingerprint density at radius 1 is 1.29 bits per heavy atom. The summed E-state index contributed by atoms with van der Waals surface area (Å²) in [4.78, 5) is 2.41. The van der Waals surface area contributed by atoms with E-state index < -0.39 is 0 Å². The van der Waals surface area contributed by atoms with Crippen LogP contribution in [0.25, 0.3) is 0 Å². The largest absolute Gasteiger partial charge is 0.395 e. The fourth-order valence-corrected chi connectivity index (χ4v) is 2.77. The van der Waals surface area contributed by atoms with Crippen molar-refractivity contribution in [2.75, 3.05) is 19.7 Å². The molecule has 1 N–H and O–H groups in total. The van der Waals surface area contributed by atoms with E-state index in [9.17, 15) is 4.39 Å². The SMILES string of the molecule is CC1CCCN(Cc2cc(F)cc(C#CCCO)c2)CC1. The van der Waals surface area contributed by atoms with Crippen LogP contribution < -0.4 is 0 Å². The molecule has 1 saturated heterocycles. The minimum absolute atomic E-state index is 0.0428. The van der Waals surface area contributed by atoms with Crippen LogP contribution in [-0.4, -0.2) is 29.7 Å². The molecule has 0 aromatic heterocycles. The van der Waals surface area contributed by atoms with Gasteiger partial charge in [-0.15, -0.1) is 0 Å². The molecule has 2 rings (SSSR count). The second-order valence-electron chi connectivity index (χ2n) is 5.94. The predicted molar refractivity (Wildman–Crippen MR) is 83.3 cm³/mol. The van der Waals surface area contributed by atoms with Gasteiger partial charge in [0.15, 0.2) is 0 Å². The molecule has 1 aromatic carbocycles. The van der Waals surface area contributed by atoms with Gasteiger partial charge in [0.2, 0.25) is 0 Å². The zero-order chi connectivity index (χ0) is 15.1. The minimum Gasteiger partial charge on any atom is -0.395 e. The molecule has 0 aliphatic carbocycles. The monoisotopic (exact) mass is 289 g/mol. The maximum absolute atomic E-state index is 13.7. The van der Waals surface area contributed by atoms with Crippen LogP contribution in [0.2, 0.25) is 0 Å².